The predicted octanol–water partition coefficient (Wildman–Crippen LogP) is 18.3. The second-order valence-corrected chi connectivity index (χ2v) is 29.8. The first-order chi connectivity index (χ1) is 52.7. The van der Waals surface area contributed by atoms with Gasteiger partial charge in [-0.05, 0) is 213 Å². The number of hydrogen-bond donors (Lipinski definition) is 2. The third kappa shape index (κ3) is 24.5. The third-order valence-electron chi connectivity index (χ3n) is 20.1. The number of carbonyl (C=O) groups is 4. The van der Waals surface area contributed by atoms with E-state index in [2.05, 4.69) is 0 Å². The highest BCUT2D eigenvalue weighted by Crippen LogP contribution is 2.48. The zero-order chi connectivity index (χ0) is 83.8. The van der Waals surface area contributed by atoms with Crippen molar-refractivity contribution in [2.75, 3.05) is 52.5 Å². The first-order valence-corrected chi connectivity index (χ1v) is 37.4. The minimum absolute atomic E-state index is 0. The van der Waals surface area contributed by atoms with Gasteiger partial charge in [-0.15, -0.1) is 0 Å². The fourth-order valence-electron chi connectivity index (χ4n) is 13.8. The smallest absolute Gasteiger partial charge is 0.419 e. The fourth-order valence-corrected chi connectivity index (χ4v) is 13.8. The lowest BCUT2D eigenvalue weighted by atomic mass is 9.83. The first-order valence-electron chi connectivity index (χ1n) is 37.4. The lowest BCUT2D eigenvalue weighted by Gasteiger charge is -2.31. The van der Waals surface area contributed by atoms with Crippen LogP contribution < -0.4 is 26.3 Å². The van der Waals surface area contributed by atoms with Gasteiger partial charge in [0.15, 0.2) is 5.78 Å². The Morgan fingerprint density at radius 1 is 0.513 bits per heavy atom. The van der Waals surface area contributed by atoms with Gasteiger partial charge in [0.25, 0.3) is 11.1 Å². The van der Waals surface area contributed by atoms with E-state index in [1.54, 1.807) is 59.7 Å². The molecular formula is C81H97F16N5O11S2. The molecule has 16 nitrogen and oxygen atoms in total. The Morgan fingerprint density at radius 3 is 1.23 bits per heavy atom. The van der Waals surface area contributed by atoms with Gasteiger partial charge < -0.3 is 48.7 Å². The van der Waals surface area contributed by atoms with Gasteiger partial charge >= 0.3 is 42.6 Å². The molecule has 2 saturated heterocycles. The molecule has 4 atom stereocenters. The van der Waals surface area contributed by atoms with Crippen molar-refractivity contribution in [3.8, 4) is 33.8 Å². The van der Waals surface area contributed by atoms with E-state index in [0.29, 0.717) is 77.7 Å². The van der Waals surface area contributed by atoms with Gasteiger partial charge in [0.1, 0.15) is 40.8 Å². The summed E-state index contributed by atoms with van der Waals surface area (Å²) in [6, 6.07) is 3.84. The van der Waals surface area contributed by atoms with E-state index < -0.39 is 171 Å². The number of nitrogens with two attached hydrogens (primary N) is 1. The number of carboxylic acids is 1. The second-order valence-electron chi connectivity index (χ2n) is 29.8. The third-order valence-corrected chi connectivity index (χ3v) is 20.1. The molecule has 10 rings (SSSR count). The summed E-state index contributed by atoms with van der Waals surface area (Å²) in [6.45, 7) is 19.8. The summed E-state index contributed by atoms with van der Waals surface area (Å²) in [7, 11) is 0. The van der Waals surface area contributed by atoms with Crippen LogP contribution in [0.15, 0.2) is 70.5 Å². The van der Waals surface area contributed by atoms with Crippen molar-refractivity contribution in [1.29, 1.82) is 0 Å². The summed E-state index contributed by atoms with van der Waals surface area (Å²) < 4.78 is 254. The number of aliphatic carboxylic acids is 1. The Bertz CT molecular complexity index is 4570. The zero-order valence-corrected chi connectivity index (χ0v) is 67.2. The monoisotopic (exact) mass is 1680 g/mol. The maximum atomic E-state index is 17.0. The summed E-state index contributed by atoms with van der Waals surface area (Å²) in [5.74, 6) is -12.1. The average molecular weight is 1680 g/mol. The summed E-state index contributed by atoms with van der Waals surface area (Å²) in [4.78, 5) is 80.1. The molecule has 4 aliphatic rings. The van der Waals surface area contributed by atoms with E-state index in [0.717, 1.165) is 73.1 Å². The highest BCUT2D eigenvalue weighted by Gasteiger charge is 2.44. The normalized spacial score (nSPS) is 15.6. The van der Waals surface area contributed by atoms with Crippen LogP contribution in [0.3, 0.4) is 0 Å². The molecule has 3 N–H and O–H groups in total. The van der Waals surface area contributed by atoms with Crippen LogP contribution >= 0.6 is 27.0 Å². The molecule has 4 fully saturated rings. The lowest BCUT2D eigenvalue weighted by molar-refractivity contribution is -0.144. The number of nitrogens with zero attached hydrogens (tertiary/aromatic N) is 4. The molecule has 0 bridgehead atoms. The number of carboxylic acid groups (broad SMARTS) is 1. The number of aryl methyl sites for hydroxylation is 2. The van der Waals surface area contributed by atoms with Crippen LogP contribution in [0.2, 0.25) is 0 Å². The number of esters is 2. The van der Waals surface area contributed by atoms with Gasteiger partial charge in [0.05, 0.1) is 66.6 Å². The number of carbonyl (C=O) groups excluding carboxylic acids is 3. The molecule has 115 heavy (non-hydrogen) atoms. The van der Waals surface area contributed by atoms with Crippen LogP contribution in [-0.2, 0) is 66.2 Å². The van der Waals surface area contributed by atoms with Gasteiger partial charge in [0, 0.05) is 78.3 Å². The molecule has 2 saturated carbocycles. The van der Waals surface area contributed by atoms with Crippen LogP contribution in [-0.4, -0.2) is 112 Å². The number of benzene rings is 4. The first kappa shape index (κ1) is 95.8. The van der Waals surface area contributed by atoms with Crippen LogP contribution in [0.25, 0.3) is 22.3 Å². The molecule has 2 aromatic heterocycles. The number of Topliss-reactive ketones (excluding diaryl/α,β-unsaturated/α-hetero) is 1. The Hall–Kier alpha value is -8.08. The molecule has 0 amide bonds. The van der Waals surface area contributed by atoms with E-state index in [1.165, 1.54) is 33.8 Å². The number of ether oxygens (including phenoxy) is 4. The number of pyridine rings is 2. The SMILES string of the molecule is CC(C)CC(C(=O)O)n1cc(CCN2CCC2)c(C(F)(F)F)cc1=O.CCOC(=O)C[C@H](CC(=O)C(CC(C)C)n1cc(CCN2CCC2)c(C(F)(F)F)cc1=O)c1c(F)c(-c2c(C)ccc(OC3CC3)c2C)cc(C(F)(F)F)c1F.CCOC(=O)C[C@H](N)c1c(F)c(-c2c(C)ccc(OC3CC3)c2C)cc(C(F)(F)F)c1F.S.S. The molecule has 4 aromatic carbocycles. The number of ketones is 1. The lowest BCUT2D eigenvalue weighted by Crippen LogP contribution is -2.39. The molecule has 2 aliphatic carbocycles. The summed E-state index contributed by atoms with van der Waals surface area (Å²) >= 11 is 0. The van der Waals surface area contributed by atoms with Crippen molar-refractivity contribution in [2.45, 2.75) is 214 Å². The van der Waals surface area contributed by atoms with Gasteiger partial charge in [0.2, 0.25) is 0 Å². The molecule has 636 valence electrons. The number of alkyl halides is 12. The number of rotatable bonds is 30. The Kier molecular flexibility index (Phi) is 33.2. The molecule has 2 unspecified atom stereocenters. The van der Waals surface area contributed by atoms with E-state index in [4.69, 9.17) is 24.7 Å². The van der Waals surface area contributed by atoms with E-state index in [1.807, 2.05) is 9.80 Å². The molecule has 6 aromatic rings. The fraction of sp³-hybridized carbons (Fsp3) is 0.531. The number of aromatic nitrogens is 2. The highest BCUT2D eigenvalue weighted by atomic mass is 32.1. The summed E-state index contributed by atoms with van der Waals surface area (Å²) in [6.07, 6.45) is -15.3. The van der Waals surface area contributed by atoms with E-state index in [9.17, 15) is 90.9 Å². The molecular weight excluding hydrogens is 1590 g/mol. The van der Waals surface area contributed by atoms with Gasteiger partial charge in [-0.3, -0.25) is 24.0 Å². The predicted molar refractivity (Wildman–Crippen MR) is 408 cm³/mol. The van der Waals surface area contributed by atoms with Crippen molar-refractivity contribution in [1.82, 2.24) is 18.9 Å². The van der Waals surface area contributed by atoms with Gasteiger partial charge in [-0.1, -0.05) is 39.8 Å². The van der Waals surface area contributed by atoms with Crippen molar-refractivity contribution in [3.05, 3.63) is 172 Å². The van der Waals surface area contributed by atoms with Crippen LogP contribution in [0, 0.1) is 62.8 Å². The quantitative estimate of drug-likeness (QED) is 0.0318. The Labute approximate surface area is 669 Å². The molecule has 0 spiro atoms. The molecule has 4 heterocycles. The highest BCUT2D eigenvalue weighted by molar-refractivity contribution is 7.59. The van der Waals surface area contributed by atoms with Gasteiger partial charge in [-0.25, -0.2) is 22.4 Å². The van der Waals surface area contributed by atoms with Gasteiger partial charge in [-0.2, -0.15) is 79.7 Å². The number of likely N-dealkylation sites (tertiary alicyclic amines) is 2. The molecule has 34 heteroatoms. The van der Waals surface area contributed by atoms with Crippen molar-refractivity contribution < 1.29 is 113 Å². The standard InChI is InChI=1S/C41H46F8N2O5.C23H24F5NO3.C17H23F3N2O3.2H2S/c1-6-55-35(54)18-26(17-32(52)31(16-22(2)3)51-21-25(12-15-50-13-7-14-50)29(20-34(51)53)40(44,45)46)37-38(42)28(19-30(39(37)43)41(47,48)49)36-23(4)8-11-33(24(36)5)56-27-9-10-27;1-4-31-18(30)10-16(29)20-21(24)14(9-15(22(20)25)23(26,27)28)19-11(2)5-8-17(12(19)3)32-13-6-7-13;1-11(2)8-14(16(24)25)22-10-12(4-7-21-5-3-6-21)13(9-15(22)23)17(18,19)20;;/h8,11,19-22,26-27,31H,6-7,9-10,12-18H2,1-5H3;5,8-9,13,16H,4,6-7,10,29H2,1-3H3;9-11,14H,3-8H2,1-2H3,(H,24,25);2*1H2/t26-,31?;16-;;;/m00.../s1. The number of halogens is 16. The number of hydrogen-bond acceptors (Lipinski definition) is 13. The Morgan fingerprint density at radius 2 is 0.878 bits per heavy atom. The summed E-state index contributed by atoms with van der Waals surface area (Å²) in [5.41, 5.74) is -3.75. The minimum Gasteiger partial charge on any atom is -0.490 e. The maximum absolute atomic E-state index is 17.0. The zero-order valence-electron chi connectivity index (χ0n) is 65.2. The van der Waals surface area contributed by atoms with Crippen LogP contribution in [0.1, 0.15) is 203 Å². The average Bonchev–Trinajstić information content (AvgIpc) is 1.58. The van der Waals surface area contributed by atoms with Crippen molar-refractivity contribution in [3.63, 3.8) is 0 Å². The topological polar surface area (TPSA) is 202 Å². The van der Waals surface area contributed by atoms with E-state index >= 15 is 13.2 Å². The molecule has 0 radical (unpaired) electrons. The largest absolute Gasteiger partial charge is 0.490 e. The minimum atomic E-state index is -5.34. The van der Waals surface area contributed by atoms with Crippen LogP contribution in [0.4, 0.5) is 70.2 Å². The second kappa shape index (κ2) is 39.9. The molecule has 2 aliphatic heterocycles. The van der Waals surface area contributed by atoms with Crippen LogP contribution in [0.5, 0.6) is 11.5 Å². The summed E-state index contributed by atoms with van der Waals surface area (Å²) in [5, 5.41) is 9.40. The Balaban J connectivity index is 0.000000294. The van der Waals surface area contributed by atoms with E-state index in [-0.39, 0.29) is 119 Å². The maximum Gasteiger partial charge on any atom is 0.419 e. The van der Waals surface area contributed by atoms with Crippen molar-refractivity contribution >= 4 is 50.7 Å². The van der Waals surface area contributed by atoms with Crippen molar-refractivity contribution in [2.24, 2.45) is 17.6 Å².